The normalized spacial score (nSPS) is 14.8. The van der Waals surface area contributed by atoms with Gasteiger partial charge in [0.2, 0.25) is 0 Å². The molecule has 4 aromatic heterocycles. The molecule has 1 aliphatic carbocycles. The van der Waals surface area contributed by atoms with Crippen molar-refractivity contribution in [1.82, 2.24) is 24.3 Å². The second-order valence-corrected chi connectivity index (χ2v) is 7.08. The lowest BCUT2D eigenvalue weighted by atomic mass is 10.1. The first-order chi connectivity index (χ1) is 13.8. The Labute approximate surface area is 160 Å². The van der Waals surface area contributed by atoms with E-state index in [-0.39, 0.29) is 27.9 Å². The number of alkyl halides is 3. The second-order valence-electron chi connectivity index (χ2n) is 7.08. The fourth-order valence-corrected chi connectivity index (χ4v) is 3.59. The van der Waals surface area contributed by atoms with Crippen LogP contribution in [-0.4, -0.2) is 24.3 Å². The van der Waals surface area contributed by atoms with Crippen LogP contribution in [0.5, 0.6) is 0 Å². The lowest BCUT2D eigenvalue weighted by molar-refractivity contribution is -0.143. The van der Waals surface area contributed by atoms with E-state index in [4.69, 9.17) is 0 Å². The van der Waals surface area contributed by atoms with Gasteiger partial charge in [0.05, 0.1) is 11.4 Å². The highest BCUT2D eigenvalue weighted by molar-refractivity contribution is 6.03. The number of hydrogen-bond donors (Lipinski definition) is 0. The summed E-state index contributed by atoms with van der Waals surface area (Å²) in [5, 5.41) is 4.44. The SMILES string of the molecule is Cn1cc2c(n1)c(=O)n(-c1cccnc1C1CC1)c1nc(C(F)(F)F)c(F)cc21. The van der Waals surface area contributed by atoms with Crippen molar-refractivity contribution in [1.29, 1.82) is 0 Å². The van der Waals surface area contributed by atoms with Gasteiger partial charge in [-0.3, -0.25) is 19.0 Å². The summed E-state index contributed by atoms with van der Waals surface area (Å²) < 4.78 is 56.7. The summed E-state index contributed by atoms with van der Waals surface area (Å²) >= 11 is 0. The van der Waals surface area contributed by atoms with Gasteiger partial charge in [0.15, 0.2) is 17.0 Å². The highest BCUT2D eigenvalue weighted by atomic mass is 19.4. The van der Waals surface area contributed by atoms with Crippen LogP contribution in [0.2, 0.25) is 0 Å². The summed E-state index contributed by atoms with van der Waals surface area (Å²) in [7, 11) is 1.57. The van der Waals surface area contributed by atoms with Gasteiger partial charge in [-0.2, -0.15) is 18.3 Å². The molecular weight excluding hydrogens is 390 g/mol. The molecule has 0 aromatic carbocycles. The summed E-state index contributed by atoms with van der Waals surface area (Å²) in [6.07, 6.45) is -0.227. The molecule has 0 N–H and O–H groups in total. The minimum atomic E-state index is -5.00. The van der Waals surface area contributed by atoms with Gasteiger partial charge in [-0.05, 0) is 31.0 Å². The number of rotatable bonds is 2. The highest BCUT2D eigenvalue weighted by Gasteiger charge is 2.37. The summed E-state index contributed by atoms with van der Waals surface area (Å²) in [6, 6.07) is 3.96. The largest absolute Gasteiger partial charge is 0.436 e. The molecule has 6 nitrogen and oxygen atoms in total. The van der Waals surface area contributed by atoms with Gasteiger partial charge in [-0.15, -0.1) is 0 Å². The Hall–Kier alpha value is -3.30. The topological polar surface area (TPSA) is 65.6 Å². The summed E-state index contributed by atoms with van der Waals surface area (Å²) in [5.41, 5.74) is -1.62. The molecule has 1 saturated carbocycles. The van der Waals surface area contributed by atoms with E-state index in [1.165, 1.54) is 10.9 Å². The Morgan fingerprint density at radius 2 is 1.97 bits per heavy atom. The van der Waals surface area contributed by atoms with Crippen LogP contribution in [0.4, 0.5) is 17.6 Å². The van der Waals surface area contributed by atoms with Gasteiger partial charge >= 0.3 is 6.18 Å². The molecule has 0 saturated heterocycles. The minimum absolute atomic E-state index is 0.0200. The molecule has 0 atom stereocenters. The zero-order valence-corrected chi connectivity index (χ0v) is 15.0. The van der Waals surface area contributed by atoms with E-state index in [1.54, 1.807) is 25.4 Å². The standard InChI is InChI=1S/C19H13F4N5O/c1-27-8-11-10-7-12(20)16(19(21,22)23)25-17(10)28(18(29)15(11)26-27)13-3-2-6-24-14(13)9-4-5-9/h2-3,6-9H,4-5H2,1H3. The monoisotopic (exact) mass is 403 g/mol. The third-order valence-electron chi connectivity index (χ3n) is 4.98. The molecule has 0 spiro atoms. The fourth-order valence-electron chi connectivity index (χ4n) is 3.59. The molecule has 5 rings (SSSR count). The molecular formula is C19H13F4N5O. The van der Waals surface area contributed by atoms with Crippen molar-refractivity contribution in [2.45, 2.75) is 24.9 Å². The first-order valence-electron chi connectivity index (χ1n) is 8.87. The van der Waals surface area contributed by atoms with Crippen LogP contribution in [0, 0.1) is 5.82 Å². The van der Waals surface area contributed by atoms with Crippen molar-refractivity contribution in [3.05, 3.63) is 58.2 Å². The smallest absolute Gasteiger partial charge is 0.274 e. The number of fused-ring (bicyclic) bond motifs is 3. The first kappa shape index (κ1) is 17.8. The van der Waals surface area contributed by atoms with Crippen molar-refractivity contribution < 1.29 is 17.6 Å². The van der Waals surface area contributed by atoms with Crippen LogP contribution in [0.25, 0.3) is 27.6 Å². The third-order valence-corrected chi connectivity index (χ3v) is 4.98. The van der Waals surface area contributed by atoms with E-state index in [9.17, 15) is 22.4 Å². The number of hydrogen-bond acceptors (Lipinski definition) is 4. The van der Waals surface area contributed by atoms with Crippen LogP contribution < -0.4 is 5.56 Å². The Bertz CT molecular complexity index is 1350. The van der Waals surface area contributed by atoms with E-state index < -0.39 is 23.2 Å². The van der Waals surface area contributed by atoms with Crippen molar-refractivity contribution in [2.24, 2.45) is 7.05 Å². The van der Waals surface area contributed by atoms with Gasteiger partial charge < -0.3 is 0 Å². The minimum Gasteiger partial charge on any atom is -0.274 e. The molecule has 148 valence electrons. The van der Waals surface area contributed by atoms with E-state index in [2.05, 4.69) is 15.1 Å². The molecule has 29 heavy (non-hydrogen) atoms. The zero-order valence-electron chi connectivity index (χ0n) is 15.0. The number of aromatic nitrogens is 5. The van der Waals surface area contributed by atoms with Crippen LogP contribution in [-0.2, 0) is 13.2 Å². The molecule has 0 unspecified atom stereocenters. The molecule has 0 bridgehead atoms. The van der Waals surface area contributed by atoms with E-state index in [0.717, 1.165) is 23.5 Å². The average Bonchev–Trinajstić information content (AvgIpc) is 3.42. The predicted octanol–water partition coefficient (Wildman–Crippen LogP) is 3.70. The zero-order chi connectivity index (χ0) is 20.5. The maximum absolute atomic E-state index is 14.3. The fraction of sp³-hybridized carbons (Fsp3) is 0.263. The molecule has 1 fully saturated rings. The maximum atomic E-state index is 14.3. The highest BCUT2D eigenvalue weighted by Crippen LogP contribution is 2.42. The van der Waals surface area contributed by atoms with Crippen molar-refractivity contribution in [3.63, 3.8) is 0 Å². The van der Waals surface area contributed by atoms with Gasteiger partial charge in [0.25, 0.3) is 5.56 Å². The molecule has 0 radical (unpaired) electrons. The van der Waals surface area contributed by atoms with Crippen LogP contribution in [0.15, 0.2) is 35.4 Å². The molecule has 0 amide bonds. The number of halogens is 4. The maximum Gasteiger partial charge on any atom is 0.436 e. The van der Waals surface area contributed by atoms with Gasteiger partial charge in [0.1, 0.15) is 5.65 Å². The number of pyridine rings is 3. The Morgan fingerprint density at radius 1 is 1.21 bits per heavy atom. The third kappa shape index (κ3) is 2.70. The van der Waals surface area contributed by atoms with Gasteiger partial charge in [-0.25, -0.2) is 9.37 Å². The van der Waals surface area contributed by atoms with Crippen molar-refractivity contribution in [3.8, 4) is 5.69 Å². The van der Waals surface area contributed by atoms with E-state index >= 15 is 0 Å². The van der Waals surface area contributed by atoms with Crippen molar-refractivity contribution in [2.75, 3.05) is 0 Å². The van der Waals surface area contributed by atoms with Gasteiger partial charge in [-0.1, -0.05) is 0 Å². The first-order valence-corrected chi connectivity index (χ1v) is 8.87. The Kier molecular flexibility index (Phi) is 3.59. The molecule has 4 aromatic rings. The van der Waals surface area contributed by atoms with Crippen LogP contribution in [0.1, 0.15) is 30.1 Å². The van der Waals surface area contributed by atoms with Crippen molar-refractivity contribution >= 4 is 21.9 Å². The summed E-state index contributed by atoms with van der Waals surface area (Å²) in [4.78, 5) is 21.1. The molecule has 4 heterocycles. The van der Waals surface area contributed by atoms with E-state index in [0.29, 0.717) is 11.4 Å². The molecule has 0 aliphatic heterocycles. The molecule has 1 aliphatic rings. The van der Waals surface area contributed by atoms with Crippen LogP contribution >= 0.6 is 0 Å². The average molecular weight is 403 g/mol. The summed E-state index contributed by atoms with van der Waals surface area (Å²) in [6.45, 7) is 0. The lowest BCUT2D eigenvalue weighted by Gasteiger charge is -2.15. The lowest BCUT2D eigenvalue weighted by Crippen LogP contribution is -2.23. The second kappa shape index (κ2) is 5.85. The van der Waals surface area contributed by atoms with Gasteiger partial charge in [0, 0.05) is 36.1 Å². The van der Waals surface area contributed by atoms with Crippen LogP contribution in [0.3, 0.4) is 0 Å². The molecule has 10 heteroatoms. The quantitative estimate of drug-likeness (QED) is 0.479. The summed E-state index contributed by atoms with van der Waals surface area (Å²) in [5.74, 6) is -1.39. The Balaban J connectivity index is 1.99. The van der Waals surface area contributed by atoms with E-state index in [1.807, 2.05) is 0 Å². The number of nitrogens with zero attached hydrogens (tertiary/aromatic N) is 5. The Morgan fingerprint density at radius 3 is 2.66 bits per heavy atom. The number of aryl methyl sites for hydroxylation is 1. The predicted molar refractivity (Wildman–Crippen MR) is 96.3 cm³/mol.